The van der Waals surface area contributed by atoms with Crippen molar-refractivity contribution in [2.75, 3.05) is 24.5 Å². The van der Waals surface area contributed by atoms with Crippen LogP contribution in [0.4, 0.5) is 5.69 Å². The minimum absolute atomic E-state index is 0.443. The molecule has 4 rings (SSSR count). The Hall–Kier alpha value is -2.04. The number of hydrogen-bond acceptors (Lipinski definition) is 3. The quantitative estimate of drug-likeness (QED) is 0.776. The van der Waals surface area contributed by atoms with Crippen LogP contribution in [0.15, 0.2) is 48.5 Å². The van der Waals surface area contributed by atoms with E-state index >= 15 is 0 Å². The van der Waals surface area contributed by atoms with Gasteiger partial charge in [0, 0.05) is 36.7 Å². The first-order chi connectivity index (χ1) is 11.3. The number of aromatic amines is 1. The zero-order valence-electron chi connectivity index (χ0n) is 12.8. The summed E-state index contributed by atoms with van der Waals surface area (Å²) in [5.41, 5.74) is 3.50. The topological polar surface area (TPSA) is 44.0 Å². The molecule has 1 aliphatic rings. The minimum Gasteiger partial charge on any atom is -0.366 e. The zero-order chi connectivity index (χ0) is 15.6. The molecule has 1 atom stereocenters. The maximum atomic E-state index is 6.11. The predicted molar refractivity (Wildman–Crippen MR) is 95.3 cm³/mol. The Labute approximate surface area is 140 Å². The molecule has 23 heavy (non-hydrogen) atoms. The van der Waals surface area contributed by atoms with Gasteiger partial charge in [-0.05, 0) is 30.2 Å². The summed E-state index contributed by atoms with van der Waals surface area (Å²) in [6, 6.07) is 17.4. The molecule has 0 radical (unpaired) electrons. The Kier molecular flexibility index (Phi) is 3.93. The second-order valence-corrected chi connectivity index (χ2v) is 6.36. The molecule has 1 saturated heterocycles. The minimum atomic E-state index is 0.443. The summed E-state index contributed by atoms with van der Waals surface area (Å²) < 4.78 is 0. The Morgan fingerprint density at radius 2 is 2.04 bits per heavy atom. The molecule has 3 aromatic rings. The number of anilines is 1. The fourth-order valence-electron chi connectivity index (χ4n) is 3.32. The number of benzene rings is 2. The number of rotatable bonds is 3. The number of halogens is 1. The van der Waals surface area contributed by atoms with Crippen LogP contribution in [0.1, 0.15) is 5.56 Å². The van der Waals surface area contributed by atoms with E-state index in [1.165, 1.54) is 11.3 Å². The van der Waals surface area contributed by atoms with Gasteiger partial charge in [0.15, 0.2) is 0 Å². The molecule has 1 fully saturated rings. The molecule has 2 N–H and O–H groups in total. The molecule has 0 amide bonds. The molecule has 5 heteroatoms. The smallest absolute Gasteiger partial charge is 0.132 e. The summed E-state index contributed by atoms with van der Waals surface area (Å²) in [5.74, 6) is 0. The first kappa shape index (κ1) is 14.5. The molecule has 4 nitrogen and oxygen atoms in total. The van der Waals surface area contributed by atoms with Crippen LogP contribution in [-0.2, 0) is 6.42 Å². The van der Waals surface area contributed by atoms with Crippen LogP contribution < -0.4 is 10.2 Å². The van der Waals surface area contributed by atoms with Crippen LogP contribution in [0.2, 0.25) is 5.15 Å². The average Bonchev–Trinajstić information content (AvgIpc) is 2.97. The van der Waals surface area contributed by atoms with Crippen molar-refractivity contribution in [1.29, 1.82) is 0 Å². The second kappa shape index (κ2) is 6.22. The molecule has 0 unspecified atom stereocenters. The lowest BCUT2D eigenvalue weighted by atomic mass is 10.0. The fraction of sp³-hybridized carbons (Fsp3) is 0.278. The highest BCUT2D eigenvalue weighted by atomic mass is 35.5. The summed E-state index contributed by atoms with van der Waals surface area (Å²) in [6.07, 6.45) is 1.03. The van der Waals surface area contributed by atoms with Crippen molar-refractivity contribution < 1.29 is 0 Å². The van der Waals surface area contributed by atoms with Crippen LogP contribution in [0.3, 0.4) is 0 Å². The lowest BCUT2D eigenvalue weighted by molar-refractivity contribution is 0.473. The van der Waals surface area contributed by atoms with Gasteiger partial charge in [-0.15, -0.1) is 0 Å². The third-order valence-electron chi connectivity index (χ3n) is 4.49. The highest BCUT2D eigenvalue weighted by Crippen LogP contribution is 2.27. The molecule has 1 aliphatic heterocycles. The van der Waals surface area contributed by atoms with E-state index in [1.54, 1.807) is 0 Å². The molecule has 118 valence electrons. The van der Waals surface area contributed by atoms with Crippen LogP contribution in [0.25, 0.3) is 10.9 Å². The van der Waals surface area contributed by atoms with E-state index in [9.17, 15) is 0 Å². The highest BCUT2D eigenvalue weighted by Gasteiger charge is 2.23. The van der Waals surface area contributed by atoms with E-state index < -0.39 is 0 Å². The molecule has 2 heterocycles. The van der Waals surface area contributed by atoms with Crippen LogP contribution in [0, 0.1) is 0 Å². The SMILES string of the molecule is Clc1[nH]nc2cc(N3CCNC[C@@H]3Cc3ccccc3)ccc12. The number of H-pyrrole nitrogens is 1. The average molecular weight is 327 g/mol. The molecular weight excluding hydrogens is 308 g/mol. The molecule has 1 aromatic heterocycles. The number of nitrogens with one attached hydrogen (secondary N) is 2. The lowest BCUT2D eigenvalue weighted by Gasteiger charge is -2.38. The van der Waals surface area contributed by atoms with E-state index in [-0.39, 0.29) is 0 Å². The van der Waals surface area contributed by atoms with E-state index in [4.69, 9.17) is 11.6 Å². The van der Waals surface area contributed by atoms with Crippen molar-refractivity contribution in [2.45, 2.75) is 12.5 Å². The largest absolute Gasteiger partial charge is 0.366 e. The first-order valence-corrected chi connectivity index (χ1v) is 8.34. The van der Waals surface area contributed by atoms with Gasteiger partial charge in [0.05, 0.1) is 5.52 Å². The van der Waals surface area contributed by atoms with Crippen molar-refractivity contribution in [3.8, 4) is 0 Å². The van der Waals surface area contributed by atoms with Crippen LogP contribution >= 0.6 is 11.6 Å². The number of hydrogen-bond donors (Lipinski definition) is 2. The zero-order valence-corrected chi connectivity index (χ0v) is 13.6. The predicted octanol–water partition coefficient (Wildman–Crippen LogP) is 3.24. The molecule has 0 spiro atoms. The molecule has 0 bridgehead atoms. The Morgan fingerprint density at radius 1 is 1.17 bits per heavy atom. The Balaban J connectivity index is 1.63. The maximum Gasteiger partial charge on any atom is 0.132 e. The molecule has 0 aliphatic carbocycles. The summed E-state index contributed by atoms with van der Waals surface area (Å²) in [7, 11) is 0. The van der Waals surface area contributed by atoms with E-state index in [0.717, 1.165) is 37.0 Å². The van der Waals surface area contributed by atoms with Gasteiger partial charge in [0.1, 0.15) is 5.15 Å². The second-order valence-electron chi connectivity index (χ2n) is 5.98. The van der Waals surface area contributed by atoms with Crippen molar-refractivity contribution in [3.05, 3.63) is 59.2 Å². The fourth-order valence-corrected chi connectivity index (χ4v) is 3.52. The molecule has 2 aromatic carbocycles. The van der Waals surface area contributed by atoms with Gasteiger partial charge < -0.3 is 10.2 Å². The monoisotopic (exact) mass is 326 g/mol. The number of nitrogens with zero attached hydrogens (tertiary/aromatic N) is 2. The number of piperazine rings is 1. The van der Waals surface area contributed by atoms with Crippen molar-refractivity contribution in [1.82, 2.24) is 15.5 Å². The van der Waals surface area contributed by atoms with Crippen molar-refractivity contribution in [2.24, 2.45) is 0 Å². The first-order valence-electron chi connectivity index (χ1n) is 7.96. The van der Waals surface area contributed by atoms with Gasteiger partial charge in [0.25, 0.3) is 0 Å². The molecule has 0 saturated carbocycles. The summed E-state index contributed by atoms with van der Waals surface area (Å²) in [5, 5.41) is 12.2. The van der Waals surface area contributed by atoms with E-state index in [2.05, 4.69) is 68.9 Å². The lowest BCUT2D eigenvalue weighted by Crippen LogP contribution is -2.52. The normalized spacial score (nSPS) is 18.5. The van der Waals surface area contributed by atoms with Crippen molar-refractivity contribution in [3.63, 3.8) is 0 Å². The maximum absolute atomic E-state index is 6.11. The van der Waals surface area contributed by atoms with Gasteiger partial charge in [0.2, 0.25) is 0 Å². The van der Waals surface area contributed by atoms with Gasteiger partial charge in [-0.25, -0.2) is 0 Å². The number of aromatic nitrogens is 2. The summed E-state index contributed by atoms with van der Waals surface area (Å²) >= 11 is 6.11. The third-order valence-corrected chi connectivity index (χ3v) is 4.78. The number of fused-ring (bicyclic) bond motifs is 1. The van der Waals surface area contributed by atoms with Crippen molar-refractivity contribution >= 4 is 28.2 Å². The van der Waals surface area contributed by atoms with Gasteiger partial charge in [-0.3, -0.25) is 5.10 Å². The summed E-state index contributed by atoms with van der Waals surface area (Å²) in [6.45, 7) is 3.00. The van der Waals surface area contributed by atoms with Gasteiger partial charge >= 0.3 is 0 Å². The van der Waals surface area contributed by atoms with Crippen LogP contribution in [0.5, 0.6) is 0 Å². The third kappa shape index (κ3) is 2.92. The Morgan fingerprint density at radius 3 is 2.91 bits per heavy atom. The highest BCUT2D eigenvalue weighted by molar-refractivity contribution is 6.34. The van der Waals surface area contributed by atoms with E-state index in [1.807, 2.05) is 0 Å². The van der Waals surface area contributed by atoms with E-state index in [0.29, 0.717) is 11.2 Å². The Bertz CT molecular complexity index is 799. The van der Waals surface area contributed by atoms with Crippen LogP contribution in [-0.4, -0.2) is 35.9 Å². The van der Waals surface area contributed by atoms with Gasteiger partial charge in [-0.2, -0.15) is 5.10 Å². The molecular formula is C18H19ClN4. The van der Waals surface area contributed by atoms with Gasteiger partial charge in [-0.1, -0.05) is 41.9 Å². The standard InChI is InChI=1S/C18H19ClN4/c19-18-16-7-6-14(11-17(16)21-22-18)23-9-8-20-12-15(23)10-13-4-2-1-3-5-13/h1-7,11,15,20H,8-10,12H2,(H,21,22)/t15-/m0/s1. The summed E-state index contributed by atoms with van der Waals surface area (Å²) in [4.78, 5) is 2.48.